The van der Waals surface area contributed by atoms with Crippen molar-refractivity contribution in [2.75, 3.05) is 19.8 Å². The average molecular weight is 980 g/mol. The summed E-state index contributed by atoms with van der Waals surface area (Å²) in [6.07, 6.45) is 78.2. The molecule has 0 aromatic heterocycles. The molecule has 0 bridgehead atoms. The predicted octanol–water partition coefficient (Wildman–Crippen LogP) is 21.2. The zero-order valence-electron chi connectivity index (χ0n) is 47.0. The second-order valence-electron chi connectivity index (χ2n) is 20.6. The van der Waals surface area contributed by atoms with Crippen LogP contribution in [0.1, 0.15) is 316 Å². The summed E-state index contributed by atoms with van der Waals surface area (Å²) < 4.78 is 17.5. The van der Waals surface area contributed by atoms with E-state index in [4.69, 9.17) is 14.2 Å². The average Bonchev–Trinajstić information content (AvgIpc) is 3.36. The summed E-state index contributed by atoms with van der Waals surface area (Å²) in [7, 11) is 0. The van der Waals surface area contributed by atoms with Crippen LogP contribution < -0.4 is 0 Å². The Morgan fingerprint density at radius 2 is 0.643 bits per heavy atom. The molecule has 0 unspecified atom stereocenters. The molecule has 5 heteroatoms. The summed E-state index contributed by atoms with van der Waals surface area (Å²) >= 11 is 0. The minimum Gasteiger partial charge on any atom is -0.462 e. The Morgan fingerprint density at radius 1 is 0.329 bits per heavy atom. The third kappa shape index (κ3) is 58.2. The van der Waals surface area contributed by atoms with Crippen molar-refractivity contribution in [2.45, 2.75) is 322 Å². The van der Waals surface area contributed by atoms with Crippen LogP contribution in [-0.4, -0.2) is 37.9 Å². The molecule has 0 spiro atoms. The molecule has 0 aromatic carbocycles. The van der Waals surface area contributed by atoms with E-state index in [-0.39, 0.29) is 25.2 Å². The van der Waals surface area contributed by atoms with Gasteiger partial charge in [0.15, 0.2) is 6.10 Å². The van der Waals surface area contributed by atoms with E-state index in [9.17, 15) is 9.59 Å². The van der Waals surface area contributed by atoms with Gasteiger partial charge in [-0.2, -0.15) is 0 Å². The molecule has 0 saturated heterocycles. The maximum absolute atomic E-state index is 12.9. The minimum atomic E-state index is -0.546. The zero-order valence-corrected chi connectivity index (χ0v) is 47.0. The monoisotopic (exact) mass is 979 g/mol. The third-order valence-corrected chi connectivity index (χ3v) is 13.5. The number of esters is 2. The lowest BCUT2D eigenvalue weighted by Gasteiger charge is -2.18. The highest BCUT2D eigenvalue weighted by atomic mass is 16.6. The summed E-state index contributed by atoms with van der Waals surface area (Å²) in [5, 5.41) is 0. The van der Waals surface area contributed by atoms with E-state index in [1.165, 1.54) is 205 Å². The molecule has 0 aliphatic carbocycles. The van der Waals surface area contributed by atoms with Crippen LogP contribution in [0.15, 0.2) is 60.8 Å². The lowest BCUT2D eigenvalue weighted by Crippen LogP contribution is -2.30. The molecule has 408 valence electrons. The van der Waals surface area contributed by atoms with Crippen molar-refractivity contribution in [1.82, 2.24) is 0 Å². The Morgan fingerprint density at radius 3 is 1.04 bits per heavy atom. The van der Waals surface area contributed by atoms with Crippen LogP contribution in [0.2, 0.25) is 0 Å². The third-order valence-electron chi connectivity index (χ3n) is 13.5. The van der Waals surface area contributed by atoms with Gasteiger partial charge in [-0.1, -0.05) is 281 Å². The maximum Gasteiger partial charge on any atom is 0.306 e. The smallest absolute Gasteiger partial charge is 0.306 e. The molecule has 5 nitrogen and oxygen atoms in total. The molecular weight excluding hydrogens is 861 g/mol. The van der Waals surface area contributed by atoms with E-state index in [1.54, 1.807) is 0 Å². The SMILES string of the molecule is CC/C=C\C/C=C\C/C=C\C/C=C\CCCCCCC(=O)OC[C@@H](COCCCCCCCCCCCCCCCCCC)OC(=O)CCCCCCCCCCCCC/C=C\CCCCCCCC. The van der Waals surface area contributed by atoms with Crippen molar-refractivity contribution in [3.63, 3.8) is 0 Å². The first-order valence-electron chi connectivity index (χ1n) is 30.8. The summed E-state index contributed by atoms with van der Waals surface area (Å²) in [5.41, 5.74) is 0. The van der Waals surface area contributed by atoms with Gasteiger partial charge in [-0.3, -0.25) is 9.59 Å². The highest BCUT2D eigenvalue weighted by molar-refractivity contribution is 5.70. The van der Waals surface area contributed by atoms with Crippen LogP contribution in [0.4, 0.5) is 0 Å². The van der Waals surface area contributed by atoms with Gasteiger partial charge in [0.25, 0.3) is 0 Å². The molecule has 0 amide bonds. The van der Waals surface area contributed by atoms with Gasteiger partial charge in [-0.05, 0) is 83.5 Å². The molecule has 70 heavy (non-hydrogen) atoms. The molecule has 0 saturated carbocycles. The lowest BCUT2D eigenvalue weighted by atomic mass is 10.0. The van der Waals surface area contributed by atoms with Crippen molar-refractivity contribution in [1.29, 1.82) is 0 Å². The van der Waals surface area contributed by atoms with Crippen LogP contribution in [0.5, 0.6) is 0 Å². The van der Waals surface area contributed by atoms with E-state index < -0.39 is 6.10 Å². The van der Waals surface area contributed by atoms with Crippen molar-refractivity contribution in [3.8, 4) is 0 Å². The molecule has 0 aromatic rings. The van der Waals surface area contributed by atoms with Crippen molar-refractivity contribution in [3.05, 3.63) is 60.8 Å². The van der Waals surface area contributed by atoms with Crippen LogP contribution in [0, 0.1) is 0 Å². The molecule has 0 heterocycles. The highest BCUT2D eigenvalue weighted by Crippen LogP contribution is 2.16. The number of unbranched alkanes of at least 4 members (excludes halogenated alkanes) is 36. The molecule has 0 aliphatic rings. The fraction of sp³-hybridized carbons (Fsp3) is 0.815. The Labute approximate surface area is 436 Å². The summed E-state index contributed by atoms with van der Waals surface area (Å²) in [4.78, 5) is 25.6. The van der Waals surface area contributed by atoms with Gasteiger partial charge in [-0.15, -0.1) is 0 Å². The molecular formula is C65H118O5. The molecule has 0 radical (unpaired) electrons. The van der Waals surface area contributed by atoms with Crippen LogP contribution in [0.3, 0.4) is 0 Å². The van der Waals surface area contributed by atoms with E-state index in [1.807, 2.05) is 0 Å². The van der Waals surface area contributed by atoms with Crippen LogP contribution in [0.25, 0.3) is 0 Å². The first-order valence-corrected chi connectivity index (χ1v) is 30.8. The van der Waals surface area contributed by atoms with Gasteiger partial charge in [0.2, 0.25) is 0 Å². The van der Waals surface area contributed by atoms with Gasteiger partial charge in [0, 0.05) is 19.4 Å². The van der Waals surface area contributed by atoms with Gasteiger partial charge < -0.3 is 14.2 Å². The number of hydrogen-bond donors (Lipinski definition) is 0. The highest BCUT2D eigenvalue weighted by Gasteiger charge is 2.17. The predicted molar refractivity (Wildman–Crippen MR) is 307 cm³/mol. The Hall–Kier alpha value is -2.40. The number of rotatable bonds is 57. The lowest BCUT2D eigenvalue weighted by molar-refractivity contribution is -0.163. The summed E-state index contributed by atoms with van der Waals surface area (Å²) in [6.45, 7) is 7.74. The minimum absolute atomic E-state index is 0.0751. The van der Waals surface area contributed by atoms with Gasteiger partial charge in [0.05, 0.1) is 6.61 Å². The van der Waals surface area contributed by atoms with Crippen LogP contribution >= 0.6 is 0 Å². The maximum atomic E-state index is 12.9. The summed E-state index contributed by atoms with van der Waals surface area (Å²) in [5.74, 6) is -0.409. The molecule has 0 fully saturated rings. The number of ether oxygens (including phenoxy) is 3. The zero-order chi connectivity index (χ0) is 50.6. The van der Waals surface area contributed by atoms with Gasteiger partial charge >= 0.3 is 11.9 Å². The Balaban J connectivity index is 4.27. The van der Waals surface area contributed by atoms with E-state index >= 15 is 0 Å². The number of carbonyl (C=O) groups is 2. The quantitative estimate of drug-likeness (QED) is 0.0345. The topological polar surface area (TPSA) is 61.8 Å². The molecule has 0 rings (SSSR count). The molecule has 0 aliphatic heterocycles. The van der Waals surface area contributed by atoms with E-state index in [2.05, 4.69) is 81.5 Å². The van der Waals surface area contributed by atoms with Gasteiger partial charge in [0.1, 0.15) is 6.61 Å². The Kier molecular flexibility index (Phi) is 58.8. The number of carbonyl (C=O) groups excluding carboxylic acids is 2. The largest absolute Gasteiger partial charge is 0.462 e. The second kappa shape index (κ2) is 60.9. The standard InChI is InChI=1S/C65H118O5/c1-4-7-10-13-16-19-22-25-28-31-32-33-34-36-38-41-44-47-50-53-56-59-65(67)70-63(61-68-60-57-54-51-48-45-42-39-30-27-24-21-18-15-12-9-6-3)62-69-64(66)58-55-52-49-46-43-40-37-35-29-26-23-20-17-14-11-8-5-2/h8,11,17,20,25-26,28-29,37,40,63H,4-7,9-10,12-16,18-19,21-24,27,30-36,38-39,41-62H2,1-3H3/b11-8-,20-17-,28-25-,29-26-,40-37-/t63-/m1/s1. The fourth-order valence-corrected chi connectivity index (χ4v) is 8.97. The fourth-order valence-electron chi connectivity index (χ4n) is 8.97. The van der Waals surface area contributed by atoms with Crippen LogP contribution in [-0.2, 0) is 23.8 Å². The van der Waals surface area contributed by atoms with Crippen molar-refractivity contribution >= 4 is 11.9 Å². The van der Waals surface area contributed by atoms with Gasteiger partial charge in [-0.25, -0.2) is 0 Å². The molecule has 0 N–H and O–H groups in total. The van der Waals surface area contributed by atoms with Crippen molar-refractivity contribution in [2.24, 2.45) is 0 Å². The van der Waals surface area contributed by atoms with E-state index in [0.29, 0.717) is 19.4 Å². The number of allylic oxidation sites excluding steroid dienone is 10. The number of hydrogen-bond acceptors (Lipinski definition) is 5. The Bertz CT molecular complexity index is 1200. The van der Waals surface area contributed by atoms with E-state index in [0.717, 1.165) is 77.0 Å². The first-order chi connectivity index (χ1) is 34.6. The van der Waals surface area contributed by atoms with Crippen molar-refractivity contribution < 1.29 is 23.8 Å². The molecule has 1 atom stereocenters. The first kappa shape index (κ1) is 67.6. The second-order valence-corrected chi connectivity index (χ2v) is 20.6. The normalized spacial score (nSPS) is 12.6. The summed E-state index contributed by atoms with van der Waals surface area (Å²) in [6, 6.07) is 0.